The monoisotopic (exact) mass is 955 g/mol. The zero-order valence-electron chi connectivity index (χ0n) is 39.5. The van der Waals surface area contributed by atoms with Crippen molar-refractivity contribution < 1.29 is 66.4 Å². The molecule has 1 aliphatic heterocycles. The minimum atomic E-state index is -2.34. The number of hydrogen-bond acceptors (Lipinski definition) is 13. The molecule has 4 amide bonds. The number of rotatable bonds is 22. The largest absolute Gasteiger partial charge is 0.445 e. The van der Waals surface area contributed by atoms with E-state index in [4.69, 9.17) is 30.4 Å². The molecule has 3 saturated carbocycles. The quantitative estimate of drug-likeness (QED) is 0.0869. The van der Waals surface area contributed by atoms with Crippen LogP contribution in [0.25, 0.3) is 0 Å². The lowest BCUT2D eigenvalue weighted by Gasteiger charge is -2.63. The maximum absolute atomic E-state index is 17.8. The second-order valence-corrected chi connectivity index (χ2v) is 19.7. The summed E-state index contributed by atoms with van der Waals surface area (Å²) in [5.41, 5.74) is 5.40. The highest BCUT2D eigenvalue weighted by Crippen LogP contribution is 2.72. The van der Waals surface area contributed by atoms with Crippen LogP contribution in [0.5, 0.6) is 0 Å². The molecule has 374 valence electrons. The van der Waals surface area contributed by atoms with Gasteiger partial charge < -0.3 is 51.5 Å². The molecular formula is C49H67F2N5O12. The minimum Gasteiger partial charge on any atom is -0.445 e. The molecule has 12 atom stereocenters. The summed E-state index contributed by atoms with van der Waals surface area (Å²) < 4.78 is 57.6. The van der Waals surface area contributed by atoms with E-state index in [0.29, 0.717) is 36.9 Å². The lowest BCUT2D eigenvalue weighted by atomic mass is 9.44. The zero-order valence-corrected chi connectivity index (χ0v) is 39.5. The second-order valence-electron chi connectivity index (χ2n) is 19.7. The molecule has 1 aromatic rings. The van der Waals surface area contributed by atoms with E-state index in [1.807, 2.05) is 20.8 Å². The van der Waals surface area contributed by atoms with Gasteiger partial charge in [0.05, 0.1) is 31.4 Å². The summed E-state index contributed by atoms with van der Waals surface area (Å²) in [6.45, 7) is 7.89. The summed E-state index contributed by atoms with van der Waals surface area (Å²) in [5.74, 6) is -4.48. The van der Waals surface area contributed by atoms with E-state index < -0.39 is 113 Å². The first-order chi connectivity index (χ1) is 32.1. The van der Waals surface area contributed by atoms with Crippen LogP contribution in [0.1, 0.15) is 98.0 Å². The van der Waals surface area contributed by atoms with Crippen molar-refractivity contribution >= 4 is 46.9 Å². The van der Waals surface area contributed by atoms with Crippen LogP contribution in [0, 0.1) is 34.5 Å². The third-order valence-corrected chi connectivity index (χ3v) is 15.1. The smallest absolute Gasteiger partial charge is 0.407 e. The van der Waals surface area contributed by atoms with E-state index in [2.05, 4.69) is 16.0 Å². The number of urea groups is 1. The number of alkyl halides is 2. The number of hydrogen-bond donors (Lipinski definition) is 6. The van der Waals surface area contributed by atoms with Gasteiger partial charge in [-0.1, -0.05) is 52.3 Å². The van der Waals surface area contributed by atoms with Crippen molar-refractivity contribution in [3.63, 3.8) is 0 Å². The zero-order chi connectivity index (χ0) is 49.8. The Morgan fingerprint density at radius 2 is 1.76 bits per heavy atom. The van der Waals surface area contributed by atoms with Gasteiger partial charge in [-0.2, -0.15) is 0 Å². The van der Waals surface area contributed by atoms with Gasteiger partial charge in [-0.25, -0.2) is 18.4 Å². The van der Waals surface area contributed by atoms with Crippen molar-refractivity contribution in [1.82, 2.24) is 10.6 Å². The fourth-order valence-electron chi connectivity index (χ4n) is 11.4. The summed E-state index contributed by atoms with van der Waals surface area (Å²) in [4.78, 5) is 88.9. The van der Waals surface area contributed by atoms with E-state index >= 15 is 8.78 Å². The number of carbonyl (C=O) groups excluding carboxylic acids is 7. The number of anilines is 1. The van der Waals surface area contributed by atoms with Crippen molar-refractivity contribution in [3.8, 4) is 0 Å². The fourth-order valence-corrected chi connectivity index (χ4v) is 11.4. The molecule has 8 N–H and O–H groups in total. The van der Waals surface area contributed by atoms with Crippen molar-refractivity contribution in [2.75, 3.05) is 31.6 Å². The maximum Gasteiger partial charge on any atom is 0.407 e. The van der Waals surface area contributed by atoms with Crippen molar-refractivity contribution in [1.29, 1.82) is 0 Å². The number of benzene rings is 1. The van der Waals surface area contributed by atoms with Gasteiger partial charge >= 0.3 is 12.1 Å². The Hall–Kier alpha value is -4.95. The Morgan fingerprint density at radius 3 is 2.44 bits per heavy atom. The average molecular weight is 956 g/mol. The number of aliphatic hydroxyl groups is 1. The van der Waals surface area contributed by atoms with E-state index in [1.54, 1.807) is 31.2 Å². The molecule has 1 heterocycles. The Labute approximate surface area is 395 Å². The SMILES string of the molecule is CCCC1O[C@@H]2C[C@H]3[C@@H]4C[C@H](F)C5=CC(=O)C=C[C@]5(C)[C@@]4(F)[C@@H](O)C[C@]3(C)[C@]2(C(=O)COCCC(=O)CNC(=O)OCc2ccc(NC(=O)[C@H](CCCNC(N)=O)CC(=O)[C@@H](N)C(C)C)cc2)O1. The third kappa shape index (κ3) is 10.3. The van der Waals surface area contributed by atoms with Crippen LogP contribution in [-0.4, -0.2) is 115 Å². The van der Waals surface area contributed by atoms with Crippen LogP contribution in [0.15, 0.2) is 48.1 Å². The summed E-state index contributed by atoms with van der Waals surface area (Å²) in [6.07, 6.45) is -0.680. The topological polar surface area (TPSA) is 265 Å². The highest BCUT2D eigenvalue weighted by molar-refractivity contribution is 6.01. The Bertz CT molecular complexity index is 2160. The number of allylic oxidation sites excluding steroid dienone is 4. The number of primary amides is 1. The number of carbonyl (C=O) groups is 7. The normalized spacial score (nSPS) is 32.1. The molecule has 4 aliphatic carbocycles. The van der Waals surface area contributed by atoms with Crippen LogP contribution < -0.4 is 27.4 Å². The van der Waals surface area contributed by atoms with Crippen LogP contribution in [0.4, 0.5) is 24.1 Å². The summed E-state index contributed by atoms with van der Waals surface area (Å²) in [7, 11) is 0. The molecule has 1 aromatic carbocycles. The second kappa shape index (κ2) is 21.4. The van der Waals surface area contributed by atoms with Crippen molar-refractivity contribution in [2.24, 2.45) is 46.0 Å². The third-order valence-electron chi connectivity index (χ3n) is 15.1. The number of nitrogens with one attached hydrogen (secondary N) is 3. The number of aliphatic hydroxyl groups excluding tert-OH is 1. The van der Waals surface area contributed by atoms with Gasteiger partial charge in [0.2, 0.25) is 5.91 Å². The number of ether oxygens (including phenoxy) is 4. The summed E-state index contributed by atoms with van der Waals surface area (Å²) in [6, 6.07) is 5.05. The van der Waals surface area contributed by atoms with Gasteiger partial charge in [-0.05, 0) is 92.7 Å². The molecule has 19 heteroatoms. The molecule has 6 rings (SSSR count). The maximum atomic E-state index is 17.8. The van der Waals surface area contributed by atoms with Gasteiger partial charge in [0.1, 0.15) is 19.4 Å². The van der Waals surface area contributed by atoms with E-state index in [1.165, 1.54) is 19.1 Å². The molecule has 5 aliphatic rings. The lowest BCUT2D eigenvalue weighted by Crippen LogP contribution is -2.71. The molecule has 1 saturated heterocycles. The van der Waals surface area contributed by atoms with Gasteiger partial charge in [-0.15, -0.1) is 0 Å². The van der Waals surface area contributed by atoms with Crippen LogP contribution in [-0.2, 0) is 49.5 Å². The minimum absolute atomic E-state index is 0.00425. The number of alkyl carbamates (subject to hydrolysis) is 1. The van der Waals surface area contributed by atoms with Crippen LogP contribution >= 0.6 is 0 Å². The van der Waals surface area contributed by atoms with Crippen molar-refractivity contribution in [3.05, 3.63) is 53.6 Å². The summed E-state index contributed by atoms with van der Waals surface area (Å²) >= 11 is 0. The number of fused-ring (bicyclic) bond motifs is 7. The van der Waals surface area contributed by atoms with Gasteiger partial charge in [-0.3, -0.25) is 24.0 Å². The molecule has 17 nitrogen and oxygen atoms in total. The number of ketones is 4. The number of Topliss-reactive ketones (excluding diaryl/α,β-unsaturated/α-hetero) is 3. The number of nitrogens with two attached hydrogens (primary N) is 2. The highest BCUT2D eigenvalue weighted by atomic mass is 19.1. The van der Waals surface area contributed by atoms with E-state index in [-0.39, 0.29) is 75.7 Å². The first-order valence-electron chi connectivity index (χ1n) is 23.7. The fraction of sp³-hybridized carbons (Fsp3) is 0.653. The summed E-state index contributed by atoms with van der Waals surface area (Å²) in [5, 5.41) is 19.5. The molecule has 1 unspecified atom stereocenters. The standard InChI is InChI=1S/C49H67F2N5O12/c1-6-8-41-67-40-22-33-34-21-36(50)35-20-31(57)14-16-46(35,4)48(34,51)38(60)23-47(33,5)49(40,68-41)39(61)26-65-18-15-32(58)24-55-45(64)66-25-28-10-12-30(13-11-28)56-43(62)29(9-7-17-54-44(53)63)19-37(59)42(52)27(2)3/h10-14,16,20,27,29,33-34,36,38,40-42,60H,6-9,15,17-19,21-26,52H2,1-5H3,(H,55,64)(H,56,62)(H3,53,54,63)/t29-,33+,34+,36+,38+,40-,41?,42+,46+,47+,48+,49-/m1/s1. The average Bonchev–Trinajstić information content (AvgIpc) is 3.77. The Kier molecular flexibility index (Phi) is 16.5. The Balaban J connectivity index is 0.974. The molecule has 68 heavy (non-hydrogen) atoms. The predicted molar refractivity (Wildman–Crippen MR) is 243 cm³/mol. The first kappa shape index (κ1) is 52.4. The van der Waals surface area contributed by atoms with Crippen LogP contribution in [0.3, 0.4) is 0 Å². The Morgan fingerprint density at radius 1 is 1.04 bits per heavy atom. The first-order valence-corrected chi connectivity index (χ1v) is 23.7. The van der Waals surface area contributed by atoms with Gasteiger partial charge in [0, 0.05) is 47.7 Å². The number of amides is 4. The van der Waals surface area contributed by atoms with Gasteiger partial charge in [0.15, 0.2) is 40.7 Å². The molecule has 0 bridgehead atoms. The van der Waals surface area contributed by atoms with Gasteiger partial charge in [0.25, 0.3) is 0 Å². The highest BCUT2D eigenvalue weighted by Gasteiger charge is 2.80. The number of halogens is 2. The molecule has 4 fully saturated rings. The van der Waals surface area contributed by atoms with E-state index in [0.717, 1.165) is 6.08 Å². The molecule has 0 spiro atoms. The lowest BCUT2D eigenvalue weighted by molar-refractivity contribution is -0.235. The van der Waals surface area contributed by atoms with E-state index in [9.17, 15) is 38.7 Å². The van der Waals surface area contributed by atoms with Crippen molar-refractivity contribution in [2.45, 2.75) is 141 Å². The molecule has 0 aromatic heterocycles. The predicted octanol–water partition coefficient (Wildman–Crippen LogP) is 4.61. The molecule has 0 radical (unpaired) electrons. The van der Waals surface area contributed by atoms with Crippen LogP contribution in [0.2, 0.25) is 0 Å². The molecular weight excluding hydrogens is 889 g/mol.